The first kappa shape index (κ1) is 24.6. The van der Waals surface area contributed by atoms with Crippen LogP contribution in [0.25, 0.3) is 0 Å². The number of hydrogen-bond donors (Lipinski definition) is 1. The highest BCUT2D eigenvalue weighted by atomic mass is 16.1. The van der Waals surface area contributed by atoms with Gasteiger partial charge in [-0.05, 0) is 40.5 Å². The Morgan fingerprint density at radius 1 is 0.800 bits per heavy atom. The van der Waals surface area contributed by atoms with Gasteiger partial charge in [0.05, 0.1) is 6.04 Å². The second-order valence-corrected chi connectivity index (χ2v) is 7.83. The number of nitrogens with zero attached hydrogens (tertiary/aromatic N) is 1. The standard InChI is InChI=1S/C22H46N2O/c1-5-6-7-8-9-10-11-12-13-14-15-16-17-18-22(25)21(24(3)4)19-20-23-2/h21,23H,5-20H2,1-4H3. The molecule has 0 heterocycles. The van der Waals surface area contributed by atoms with Crippen LogP contribution in [0.1, 0.15) is 103 Å². The number of hydrogen-bond acceptors (Lipinski definition) is 3. The summed E-state index contributed by atoms with van der Waals surface area (Å²) in [6.07, 6.45) is 19.3. The molecule has 0 aromatic carbocycles. The number of unbranched alkanes of at least 4 members (excludes halogenated alkanes) is 12. The van der Waals surface area contributed by atoms with Gasteiger partial charge in [-0.2, -0.15) is 0 Å². The van der Waals surface area contributed by atoms with Crippen LogP contribution in [0.15, 0.2) is 0 Å². The molecule has 1 unspecified atom stereocenters. The van der Waals surface area contributed by atoms with Crippen molar-refractivity contribution in [1.29, 1.82) is 0 Å². The Balaban J connectivity index is 3.43. The molecular formula is C22H46N2O. The SMILES string of the molecule is CCCCCCCCCCCCCCCC(=O)C(CCNC)N(C)C. The number of nitrogens with one attached hydrogen (secondary N) is 1. The Morgan fingerprint density at radius 2 is 1.24 bits per heavy atom. The lowest BCUT2D eigenvalue weighted by molar-refractivity contribution is -0.123. The molecule has 0 rings (SSSR count). The second kappa shape index (κ2) is 18.4. The van der Waals surface area contributed by atoms with Crippen LogP contribution in [0, 0.1) is 0 Å². The van der Waals surface area contributed by atoms with Gasteiger partial charge < -0.3 is 5.32 Å². The van der Waals surface area contributed by atoms with Crippen molar-refractivity contribution in [2.24, 2.45) is 0 Å². The van der Waals surface area contributed by atoms with Crippen LogP contribution in [0.2, 0.25) is 0 Å². The number of Topliss-reactive ketones (excluding diaryl/α,β-unsaturated/α-hetero) is 1. The highest BCUT2D eigenvalue weighted by Gasteiger charge is 2.19. The van der Waals surface area contributed by atoms with Gasteiger partial charge in [0.1, 0.15) is 5.78 Å². The molecule has 0 aliphatic heterocycles. The normalized spacial score (nSPS) is 12.7. The van der Waals surface area contributed by atoms with Crippen molar-refractivity contribution in [2.75, 3.05) is 27.7 Å². The van der Waals surface area contributed by atoms with Gasteiger partial charge in [0, 0.05) is 6.42 Å². The first-order valence-corrected chi connectivity index (χ1v) is 11.0. The van der Waals surface area contributed by atoms with Gasteiger partial charge in [0.25, 0.3) is 0 Å². The summed E-state index contributed by atoms with van der Waals surface area (Å²) in [5.74, 6) is 0.420. The van der Waals surface area contributed by atoms with E-state index in [4.69, 9.17) is 0 Å². The van der Waals surface area contributed by atoms with Crippen molar-refractivity contribution in [3.05, 3.63) is 0 Å². The molecule has 0 bridgehead atoms. The Hall–Kier alpha value is -0.410. The first-order valence-electron chi connectivity index (χ1n) is 11.0. The third-order valence-electron chi connectivity index (χ3n) is 5.19. The van der Waals surface area contributed by atoms with Gasteiger partial charge in [-0.25, -0.2) is 0 Å². The molecule has 0 saturated heterocycles. The van der Waals surface area contributed by atoms with E-state index < -0.39 is 0 Å². The molecule has 0 amide bonds. The summed E-state index contributed by atoms with van der Waals surface area (Å²) in [5, 5.41) is 3.15. The number of likely N-dealkylation sites (N-methyl/N-ethyl adjacent to an activating group) is 1. The molecule has 25 heavy (non-hydrogen) atoms. The minimum absolute atomic E-state index is 0.0878. The molecule has 0 aromatic rings. The fraction of sp³-hybridized carbons (Fsp3) is 0.955. The van der Waals surface area contributed by atoms with Crippen LogP contribution in [-0.4, -0.2) is 44.4 Å². The molecule has 1 atom stereocenters. The molecule has 0 aromatic heterocycles. The molecule has 3 heteroatoms. The molecule has 1 N–H and O–H groups in total. The second-order valence-electron chi connectivity index (χ2n) is 7.83. The number of rotatable bonds is 19. The van der Waals surface area contributed by atoms with E-state index in [0.717, 1.165) is 25.8 Å². The zero-order valence-corrected chi connectivity index (χ0v) is 17.7. The van der Waals surface area contributed by atoms with Crippen molar-refractivity contribution in [3.8, 4) is 0 Å². The summed E-state index contributed by atoms with van der Waals surface area (Å²) in [4.78, 5) is 14.4. The maximum absolute atomic E-state index is 12.3. The zero-order valence-electron chi connectivity index (χ0n) is 17.7. The molecule has 150 valence electrons. The van der Waals surface area contributed by atoms with Crippen molar-refractivity contribution in [1.82, 2.24) is 10.2 Å². The quantitative estimate of drug-likeness (QED) is 0.307. The van der Waals surface area contributed by atoms with Gasteiger partial charge in [-0.15, -0.1) is 0 Å². The molecule has 0 radical (unpaired) electrons. The van der Waals surface area contributed by atoms with E-state index >= 15 is 0 Å². The third kappa shape index (κ3) is 15.6. The van der Waals surface area contributed by atoms with E-state index in [1.807, 2.05) is 21.1 Å². The molecule has 0 saturated carbocycles. The average Bonchev–Trinajstić information content (AvgIpc) is 2.59. The van der Waals surface area contributed by atoms with E-state index in [1.165, 1.54) is 77.0 Å². The van der Waals surface area contributed by atoms with Gasteiger partial charge in [-0.1, -0.05) is 84.0 Å². The highest BCUT2D eigenvalue weighted by Crippen LogP contribution is 2.14. The Labute approximate surface area is 158 Å². The van der Waals surface area contributed by atoms with Gasteiger partial charge >= 0.3 is 0 Å². The lowest BCUT2D eigenvalue weighted by Crippen LogP contribution is -2.37. The van der Waals surface area contributed by atoms with Crippen LogP contribution in [0.5, 0.6) is 0 Å². The molecule has 0 spiro atoms. The van der Waals surface area contributed by atoms with Crippen LogP contribution in [0.3, 0.4) is 0 Å². The van der Waals surface area contributed by atoms with Crippen LogP contribution < -0.4 is 5.32 Å². The van der Waals surface area contributed by atoms with Gasteiger partial charge in [-0.3, -0.25) is 9.69 Å². The third-order valence-corrected chi connectivity index (χ3v) is 5.19. The monoisotopic (exact) mass is 354 g/mol. The van der Waals surface area contributed by atoms with E-state index in [2.05, 4.69) is 17.1 Å². The molecular weight excluding hydrogens is 308 g/mol. The highest BCUT2D eigenvalue weighted by molar-refractivity contribution is 5.83. The van der Waals surface area contributed by atoms with Crippen LogP contribution in [-0.2, 0) is 4.79 Å². The van der Waals surface area contributed by atoms with Gasteiger partial charge in [0.2, 0.25) is 0 Å². The van der Waals surface area contributed by atoms with Crippen molar-refractivity contribution in [2.45, 2.75) is 109 Å². The number of carbonyl (C=O) groups excluding carboxylic acids is 1. The lowest BCUT2D eigenvalue weighted by Gasteiger charge is -2.22. The van der Waals surface area contributed by atoms with E-state index in [1.54, 1.807) is 0 Å². The largest absolute Gasteiger partial charge is 0.320 e. The van der Waals surface area contributed by atoms with Crippen molar-refractivity contribution >= 4 is 5.78 Å². The van der Waals surface area contributed by atoms with E-state index in [9.17, 15) is 4.79 Å². The molecule has 0 aliphatic rings. The smallest absolute Gasteiger partial charge is 0.149 e. The summed E-state index contributed by atoms with van der Waals surface area (Å²) < 4.78 is 0. The zero-order chi connectivity index (χ0) is 18.8. The topological polar surface area (TPSA) is 32.3 Å². The molecule has 0 aliphatic carbocycles. The average molecular weight is 355 g/mol. The first-order chi connectivity index (χ1) is 12.1. The van der Waals surface area contributed by atoms with E-state index in [0.29, 0.717) is 5.78 Å². The Morgan fingerprint density at radius 3 is 1.64 bits per heavy atom. The van der Waals surface area contributed by atoms with Gasteiger partial charge in [0.15, 0.2) is 0 Å². The summed E-state index contributed by atoms with van der Waals surface area (Å²) >= 11 is 0. The number of carbonyl (C=O) groups is 1. The summed E-state index contributed by atoms with van der Waals surface area (Å²) in [6, 6.07) is 0.0878. The maximum Gasteiger partial charge on any atom is 0.149 e. The summed E-state index contributed by atoms with van der Waals surface area (Å²) in [6.45, 7) is 3.19. The Kier molecular flexibility index (Phi) is 18.1. The minimum atomic E-state index is 0.0878. The Bertz CT molecular complexity index is 292. The van der Waals surface area contributed by atoms with Crippen LogP contribution in [0.4, 0.5) is 0 Å². The summed E-state index contributed by atoms with van der Waals surface area (Å²) in [5.41, 5.74) is 0. The van der Waals surface area contributed by atoms with Crippen molar-refractivity contribution in [3.63, 3.8) is 0 Å². The van der Waals surface area contributed by atoms with E-state index in [-0.39, 0.29) is 6.04 Å². The van der Waals surface area contributed by atoms with Crippen molar-refractivity contribution < 1.29 is 4.79 Å². The fourth-order valence-corrected chi connectivity index (χ4v) is 3.47. The minimum Gasteiger partial charge on any atom is -0.320 e. The number of ketones is 1. The van der Waals surface area contributed by atoms with Crippen LogP contribution >= 0.6 is 0 Å². The maximum atomic E-state index is 12.3. The predicted molar refractivity (Wildman–Crippen MR) is 111 cm³/mol. The molecule has 0 fully saturated rings. The summed E-state index contributed by atoms with van der Waals surface area (Å²) in [7, 11) is 5.98. The fourth-order valence-electron chi connectivity index (χ4n) is 3.47. The predicted octanol–water partition coefficient (Wildman–Crippen LogP) is 5.58. The molecule has 3 nitrogen and oxygen atoms in total. The lowest BCUT2D eigenvalue weighted by atomic mass is 10.0.